The molecule has 2 aromatic carbocycles. The number of carbonyl (C=O) groups excluding carboxylic acids is 5. The summed E-state index contributed by atoms with van der Waals surface area (Å²) in [4.78, 5) is 73.5. The number of rotatable bonds is 9. The molecule has 4 aliphatic heterocycles. The summed E-state index contributed by atoms with van der Waals surface area (Å²) in [5.41, 5.74) is 1.25. The lowest BCUT2D eigenvalue weighted by Crippen LogP contribution is -2.65. The van der Waals surface area contributed by atoms with Crippen molar-refractivity contribution in [2.45, 2.75) is 167 Å². The van der Waals surface area contributed by atoms with Crippen molar-refractivity contribution in [1.82, 2.24) is 4.90 Å². The van der Waals surface area contributed by atoms with Crippen molar-refractivity contribution in [1.29, 1.82) is 0 Å². The highest BCUT2D eigenvalue weighted by Gasteiger charge is 2.57. The van der Waals surface area contributed by atoms with E-state index in [2.05, 4.69) is 0 Å². The minimum atomic E-state index is -3.58. The van der Waals surface area contributed by atoms with Gasteiger partial charge in [0.15, 0.2) is 5.78 Å². The molecule has 4 heterocycles. The highest BCUT2D eigenvalue weighted by Crippen LogP contribution is 2.50. The molecule has 5 aliphatic rings. The van der Waals surface area contributed by atoms with Gasteiger partial charge in [0.25, 0.3) is 19.1 Å². The maximum Gasteiger partial charge on any atom is 0.329 e. The Morgan fingerprint density at radius 2 is 1.45 bits per heavy atom. The summed E-state index contributed by atoms with van der Waals surface area (Å²) in [6.07, 6.45) is 10.2. The van der Waals surface area contributed by atoms with E-state index in [-0.39, 0.29) is 36.4 Å². The Morgan fingerprint density at radius 3 is 2.09 bits per heavy atom. The third kappa shape index (κ3) is 13.9. The maximum atomic E-state index is 15.1. The van der Waals surface area contributed by atoms with Crippen LogP contribution in [0.2, 0.25) is 0 Å². The van der Waals surface area contributed by atoms with Gasteiger partial charge in [0.1, 0.15) is 30.1 Å². The molecule has 4 fully saturated rings. The van der Waals surface area contributed by atoms with Crippen molar-refractivity contribution in [3.8, 4) is 0 Å². The molecule has 16 atom stereocenters. The Morgan fingerprint density at radius 1 is 0.769 bits per heavy atom. The van der Waals surface area contributed by atoms with E-state index >= 15 is 4.57 Å². The van der Waals surface area contributed by atoms with Crippen LogP contribution in [0.25, 0.3) is 0 Å². The summed E-state index contributed by atoms with van der Waals surface area (Å²) in [5, 5.41) is 24.9. The van der Waals surface area contributed by atoms with Crippen molar-refractivity contribution >= 4 is 47.2 Å². The van der Waals surface area contributed by atoms with Crippen LogP contribution in [0.3, 0.4) is 0 Å². The summed E-state index contributed by atoms with van der Waals surface area (Å²) >= 11 is 0. The predicted octanol–water partition coefficient (Wildman–Crippen LogP) is 8.35. The first kappa shape index (κ1) is 60.9. The molecule has 1 amide bonds. The number of nitrogens with zero attached hydrogens (tertiary/aromatic N) is 1. The highest BCUT2D eigenvalue weighted by atomic mass is 31.2. The first-order valence-electron chi connectivity index (χ1n) is 28.1. The standard InChI is InChI=1S/C62H84NO14P/c1-38-20-13-10-14-21-39(2)52(72-7)36-45-29-27-43(6)62(70,76-45)59(67)60(68)63-31-19-26-48-49(53(75-61(69)55(48)63)37-50(64)40(3)33-42(5)57(66)58(74-9)56(65)41(4)32-38)34-44-28-30-51(54(35-44)73-8)77-78(71,46-22-15-11-16-23-46)47-24-17-12-18-25-47/h10-18,20-25,33,38,40-41,43-45,48-49,51-55,57-58,66,70H,19,26-32,34-37H2,1-9H3/b14-10+,20-13+,39-21+,42-33+/t38?,40?,41-,43-,44+,45?,48-,49?,51-,52?,53?,54-,55+,57-,58+,62-/m1/s1. The van der Waals surface area contributed by atoms with Gasteiger partial charge in [-0.15, -0.1) is 0 Å². The highest BCUT2D eigenvalue weighted by molar-refractivity contribution is 7.74. The second-order valence-corrected chi connectivity index (χ2v) is 25.2. The summed E-state index contributed by atoms with van der Waals surface area (Å²) < 4.78 is 52.1. The van der Waals surface area contributed by atoms with Crippen molar-refractivity contribution < 1.29 is 67.0 Å². The van der Waals surface area contributed by atoms with Gasteiger partial charge in [-0.2, -0.15) is 0 Å². The van der Waals surface area contributed by atoms with E-state index in [1.165, 1.54) is 12.0 Å². The van der Waals surface area contributed by atoms with Crippen LogP contribution in [0, 0.1) is 41.4 Å². The average molecular weight is 1100 g/mol. The van der Waals surface area contributed by atoms with E-state index in [0.29, 0.717) is 80.4 Å². The van der Waals surface area contributed by atoms with Gasteiger partial charge in [0, 0.05) is 75.0 Å². The smallest absolute Gasteiger partial charge is 0.329 e. The van der Waals surface area contributed by atoms with Gasteiger partial charge in [0.2, 0.25) is 5.79 Å². The van der Waals surface area contributed by atoms with Crippen LogP contribution >= 0.6 is 7.37 Å². The number of piperidine rings is 1. The van der Waals surface area contributed by atoms with E-state index in [1.807, 2.05) is 112 Å². The Labute approximate surface area is 461 Å². The van der Waals surface area contributed by atoms with Gasteiger partial charge in [-0.1, -0.05) is 101 Å². The molecule has 1 aliphatic carbocycles. The Kier molecular flexibility index (Phi) is 21.2. The van der Waals surface area contributed by atoms with Crippen LogP contribution in [0.1, 0.15) is 112 Å². The van der Waals surface area contributed by atoms with Crippen molar-refractivity contribution in [2.75, 3.05) is 27.9 Å². The SMILES string of the molecule is COC1CC2CC[C@@H](C)[C@@](O)(O2)C(=O)C(=O)N2CCC[C@@H]3C(C[C@@H]4CC[C@@H](OP(=O)(c5ccccc5)c5ccccc5)[C@H](OC)C4)C(CC(=O)C(C)/C=C(\C)[C@@H](O)[C@@H](OC)C(=O)[C@H](C)CC(C)/C=C/C=C/C=C/1C)OC(=O)[C@H]32. The number of hydrogen-bond acceptors (Lipinski definition) is 14. The molecule has 0 spiro atoms. The van der Waals surface area contributed by atoms with Crippen LogP contribution < -0.4 is 10.6 Å². The number of ketones is 3. The number of methoxy groups -OCH3 is 3. The molecule has 3 saturated heterocycles. The minimum Gasteiger partial charge on any atom is -0.460 e. The molecule has 7 rings (SSSR count). The number of hydrogen-bond donors (Lipinski definition) is 2. The molecular formula is C62H84NO14P. The van der Waals surface area contributed by atoms with Crippen LogP contribution in [0.15, 0.2) is 108 Å². The molecule has 1 saturated carbocycles. The second kappa shape index (κ2) is 27.2. The van der Waals surface area contributed by atoms with E-state index in [0.717, 1.165) is 5.57 Å². The summed E-state index contributed by atoms with van der Waals surface area (Å²) in [6, 6.07) is 17.1. The first-order valence-corrected chi connectivity index (χ1v) is 29.7. The molecule has 426 valence electrons. The third-order valence-corrected chi connectivity index (χ3v) is 19.9. The lowest BCUT2D eigenvalue weighted by atomic mass is 9.68. The second-order valence-electron chi connectivity index (χ2n) is 22.8. The zero-order valence-corrected chi connectivity index (χ0v) is 48.0. The van der Waals surface area contributed by atoms with E-state index < -0.39 is 109 Å². The predicted molar refractivity (Wildman–Crippen MR) is 297 cm³/mol. The summed E-state index contributed by atoms with van der Waals surface area (Å²) in [6.45, 7) is 10.8. The first-order chi connectivity index (χ1) is 37.2. The van der Waals surface area contributed by atoms with Gasteiger partial charge in [0.05, 0.1) is 24.4 Å². The molecule has 0 aromatic heterocycles. The van der Waals surface area contributed by atoms with Crippen molar-refractivity contribution in [2.24, 2.45) is 41.4 Å². The number of fused-ring (bicyclic) bond motifs is 4. The van der Waals surface area contributed by atoms with Crippen molar-refractivity contribution in [3.63, 3.8) is 0 Å². The fraction of sp³-hybridized carbons (Fsp3) is 0.597. The normalized spacial score (nSPS) is 37.7. The molecule has 6 unspecified atom stereocenters. The van der Waals surface area contributed by atoms with Crippen LogP contribution in [0.4, 0.5) is 0 Å². The molecule has 78 heavy (non-hydrogen) atoms. The number of ether oxygens (including phenoxy) is 5. The van der Waals surface area contributed by atoms with E-state index in [4.69, 9.17) is 28.2 Å². The fourth-order valence-corrected chi connectivity index (χ4v) is 15.0. The lowest BCUT2D eigenvalue weighted by molar-refractivity contribution is -0.266. The number of aliphatic hydroxyl groups is 2. The minimum absolute atomic E-state index is 0.00414. The van der Waals surface area contributed by atoms with Gasteiger partial charge in [-0.25, -0.2) is 4.79 Å². The number of carbonyl (C=O) groups is 5. The summed E-state index contributed by atoms with van der Waals surface area (Å²) in [7, 11) is 0.987. The third-order valence-electron chi connectivity index (χ3n) is 17.4. The number of aliphatic hydroxyl groups excluding tert-OH is 1. The Bertz CT molecular complexity index is 2540. The quantitative estimate of drug-likeness (QED) is 0.105. The molecule has 4 bridgehead atoms. The monoisotopic (exact) mass is 1100 g/mol. The molecular weight excluding hydrogens is 1010 g/mol. The number of Topliss-reactive ketones (excluding diaryl/α,β-unsaturated/α-hetero) is 3. The van der Waals surface area contributed by atoms with Gasteiger partial charge in [-0.05, 0) is 125 Å². The molecule has 15 nitrogen and oxygen atoms in total. The van der Waals surface area contributed by atoms with Crippen LogP contribution in [-0.2, 0) is 56.7 Å². The number of allylic oxidation sites excluding steroid dienone is 6. The van der Waals surface area contributed by atoms with Gasteiger partial charge >= 0.3 is 5.97 Å². The fourth-order valence-electron chi connectivity index (χ4n) is 12.7. The number of esters is 1. The van der Waals surface area contributed by atoms with Crippen LogP contribution in [-0.4, -0.2) is 127 Å². The van der Waals surface area contributed by atoms with Gasteiger partial charge < -0.3 is 43.3 Å². The topological polar surface area (TPSA) is 201 Å². The molecule has 2 N–H and O–H groups in total. The Hall–Kier alpha value is -4.70. The maximum absolute atomic E-state index is 15.1. The molecule has 0 radical (unpaired) electrons. The van der Waals surface area contributed by atoms with E-state index in [1.54, 1.807) is 41.1 Å². The molecule has 16 heteroatoms. The van der Waals surface area contributed by atoms with Crippen molar-refractivity contribution in [3.05, 3.63) is 108 Å². The molecule has 2 aromatic rings. The number of amides is 1. The van der Waals surface area contributed by atoms with Gasteiger partial charge in [-0.3, -0.25) is 23.7 Å². The Balaban J connectivity index is 1.20. The van der Waals surface area contributed by atoms with E-state index in [9.17, 15) is 34.2 Å². The largest absolute Gasteiger partial charge is 0.460 e. The lowest BCUT2D eigenvalue weighted by Gasteiger charge is -2.50. The van der Waals surface area contributed by atoms with Crippen LogP contribution in [0.5, 0.6) is 0 Å². The summed E-state index contributed by atoms with van der Waals surface area (Å²) in [5.74, 6) is -8.93. The average Bonchev–Trinajstić information content (AvgIpc) is 3.49. The number of benzene rings is 2. The zero-order valence-electron chi connectivity index (χ0n) is 47.1. The zero-order chi connectivity index (χ0) is 56.5.